The van der Waals surface area contributed by atoms with Crippen LogP contribution in [0.2, 0.25) is 0 Å². The molecule has 0 amide bonds. The maximum atomic E-state index is 12.3. The highest BCUT2D eigenvalue weighted by molar-refractivity contribution is 5.75. The number of ether oxygens (including phenoxy) is 1. The predicted molar refractivity (Wildman–Crippen MR) is 76.2 cm³/mol. The van der Waals surface area contributed by atoms with E-state index in [9.17, 15) is 9.90 Å². The van der Waals surface area contributed by atoms with Gasteiger partial charge in [0.2, 0.25) is 0 Å². The third-order valence-electron chi connectivity index (χ3n) is 6.27. The normalized spacial score (nSPS) is 52.4. The van der Waals surface area contributed by atoms with E-state index in [2.05, 4.69) is 16.9 Å². The Bertz CT molecular complexity index is 514. The third kappa shape index (κ3) is 1.89. The van der Waals surface area contributed by atoms with Crippen molar-refractivity contribution in [3.8, 4) is 0 Å². The van der Waals surface area contributed by atoms with Crippen molar-refractivity contribution in [3.05, 3.63) is 10.4 Å². The molecule has 7 atom stereocenters. The summed E-state index contributed by atoms with van der Waals surface area (Å²) in [5.74, 6) is -0.0316. The van der Waals surface area contributed by atoms with E-state index in [0.29, 0.717) is 24.7 Å². The van der Waals surface area contributed by atoms with E-state index >= 15 is 0 Å². The lowest BCUT2D eigenvalue weighted by Crippen LogP contribution is -2.68. The van der Waals surface area contributed by atoms with Gasteiger partial charge in [-0.3, -0.25) is 4.79 Å². The van der Waals surface area contributed by atoms with Gasteiger partial charge in [0, 0.05) is 10.8 Å². The van der Waals surface area contributed by atoms with E-state index in [-0.39, 0.29) is 11.9 Å². The Morgan fingerprint density at radius 3 is 2.76 bits per heavy atom. The molecule has 6 nitrogen and oxygen atoms in total. The van der Waals surface area contributed by atoms with Crippen LogP contribution < -0.4 is 0 Å². The Hall–Kier alpha value is -1.26. The highest BCUT2D eigenvalue weighted by Gasteiger charge is 2.64. The van der Waals surface area contributed by atoms with Crippen LogP contribution in [0.25, 0.3) is 10.4 Å². The molecule has 3 aliphatic rings. The van der Waals surface area contributed by atoms with Gasteiger partial charge >= 0.3 is 5.97 Å². The van der Waals surface area contributed by atoms with Crippen LogP contribution in [0.3, 0.4) is 0 Å². The van der Waals surface area contributed by atoms with Gasteiger partial charge in [-0.05, 0) is 50.0 Å². The Kier molecular flexibility index (Phi) is 3.22. The molecule has 0 aromatic heterocycles. The van der Waals surface area contributed by atoms with Crippen LogP contribution in [0.15, 0.2) is 5.11 Å². The molecule has 1 heterocycles. The molecule has 1 N–H and O–H groups in total. The number of hydrogen-bond donors (Lipinski definition) is 1. The maximum Gasteiger partial charge on any atom is 0.309 e. The smallest absolute Gasteiger partial charge is 0.309 e. The molecular formula is C15H23N3O3. The largest absolute Gasteiger partial charge is 0.459 e. The Balaban J connectivity index is 2.14. The molecule has 1 aliphatic heterocycles. The average molecular weight is 293 g/mol. The van der Waals surface area contributed by atoms with Crippen LogP contribution in [0.5, 0.6) is 0 Å². The number of carbonyl (C=O) groups is 1. The molecule has 2 aliphatic carbocycles. The first-order valence-corrected chi connectivity index (χ1v) is 7.82. The summed E-state index contributed by atoms with van der Waals surface area (Å²) >= 11 is 0. The Labute approximate surface area is 124 Å². The second-order valence-corrected chi connectivity index (χ2v) is 7.36. The average Bonchev–Trinajstić information content (AvgIpc) is 2.42. The summed E-state index contributed by atoms with van der Waals surface area (Å²) in [5, 5.41) is 14.8. The van der Waals surface area contributed by atoms with Gasteiger partial charge in [-0.25, -0.2) is 0 Å². The zero-order chi connectivity index (χ0) is 15.4. The molecule has 0 spiro atoms. The van der Waals surface area contributed by atoms with Crippen LogP contribution in [0, 0.1) is 23.7 Å². The molecule has 3 fully saturated rings. The number of carbonyl (C=O) groups excluding carboxylic acids is 1. The number of nitrogens with zero attached hydrogens (tertiary/aromatic N) is 3. The molecule has 0 unspecified atom stereocenters. The summed E-state index contributed by atoms with van der Waals surface area (Å²) in [6.45, 7) is 5.74. The number of hydrogen-bond acceptors (Lipinski definition) is 4. The molecule has 0 aromatic carbocycles. The van der Waals surface area contributed by atoms with Gasteiger partial charge in [-0.15, -0.1) is 0 Å². The van der Waals surface area contributed by atoms with Crippen molar-refractivity contribution >= 4 is 5.97 Å². The summed E-state index contributed by atoms with van der Waals surface area (Å²) in [4.78, 5) is 15.3. The highest BCUT2D eigenvalue weighted by Crippen LogP contribution is 2.58. The molecule has 3 rings (SSSR count). The topological polar surface area (TPSA) is 95.3 Å². The van der Waals surface area contributed by atoms with E-state index in [1.54, 1.807) is 13.8 Å². The maximum absolute atomic E-state index is 12.3. The van der Waals surface area contributed by atoms with E-state index in [0.717, 1.165) is 12.8 Å². The summed E-state index contributed by atoms with van der Waals surface area (Å²) in [6.07, 6.45) is 2.60. The zero-order valence-corrected chi connectivity index (χ0v) is 12.8. The summed E-state index contributed by atoms with van der Waals surface area (Å²) < 4.78 is 5.60. The highest BCUT2D eigenvalue weighted by atomic mass is 16.6. The Morgan fingerprint density at radius 1 is 1.38 bits per heavy atom. The lowest BCUT2D eigenvalue weighted by molar-refractivity contribution is -0.229. The standard InChI is InChI=1S/C15H23N3O3/c1-8-4-7-15(17-18-16)9(2)13(19)21-12-11(15)10(8)5-6-14(12,3)20/h8-12,20H,4-7H2,1-3H3/t8-,9+,10+,11-,12+,14-,15-/m1/s1. The minimum Gasteiger partial charge on any atom is -0.459 e. The number of azide groups is 1. The fraction of sp³-hybridized carbons (Fsp3) is 0.933. The third-order valence-corrected chi connectivity index (χ3v) is 6.27. The van der Waals surface area contributed by atoms with Crippen LogP contribution in [-0.2, 0) is 9.53 Å². The second kappa shape index (κ2) is 4.62. The fourth-order valence-electron chi connectivity index (χ4n) is 4.93. The minimum absolute atomic E-state index is 0.0754. The molecular weight excluding hydrogens is 270 g/mol. The van der Waals surface area contributed by atoms with Gasteiger partial charge in [0.1, 0.15) is 6.10 Å². The van der Waals surface area contributed by atoms with Crippen LogP contribution in [0.4, 0.5) is 0 Å². The molecule has 0 bridgehead atoms. The van der Waals surface area contributed by atoms with Crippen LogP contribution in [0.1, 0.15) is 46.5 Å². The fourth-order valence-corrected chi connectivity index (χ4v) is 4.93. The second-order valence-electron chi connectivity index (χ2n) is 7.36. The van der Waals surface area contributed by atoms with E-state index in [1.165, 1.54) is 0 Å². The molecule has 6 heteroatoms. The van der Waals surface area contributed by atoms with Crippen molar-refractivity contribution in [3.63, 3.8) is 0 Å². The summed E-state index contributed by atoms with van der Waals surface area (Å²) in [6, 6.07) is 0. The summed E-state index contributed by atoms with van der Waals surface area (Å²) in [7, 11) is 0. The molecule has 1 saturated heterocycles. The number of aliphatic hydroxyl groups is 1. The lowest BCUT2D eigenvalue weighted by Gasteiger charge is -2.60. The van der Waals surface area contributed by atoms with Crippen molar-refractivity contribution in [2.75, 3.05) is 0 Å². The van der Waals surface area contributed by atoms with Gasteiger partial charge < -0.3 is 9.84 Å². The predicted octanol–water partition coefficient (Wildman–Crippen LogP) is 2.80. The molecule has 0 aromatic rings. The van der Waals surface area contributed by atoms with Crippen LogP contribution >= 0.6 is 0 Å². The minimum atomic E-state index is -1.04. The molecule has 0 radical (unpaired) electrons. The van der Waals surface area contributed by atoms with Gasteiger partial charge in [0.05, 0.1) is 17.1 Å². The van der Waals surface area contributed by atoms with E-state index in [4.69, 9.17) is 10.3 Å². The molecule has 116 valence electrons. The first-order chi connectivity index (χ1) is 9.83. The van der Waals surface area contributed by atoms with Gasteiger partial charge in [0.25, 0.3) is 0 Å². The Morgan fingerprint density at radius 2 is 2.10 bits per heavy atom. The summed E-state index contributed by atoms with van der Waals surface area (Å²) in [5.41, 5.74) is 7.28. The van der Waals surface area contributed by atoms with Crippen LogP contribution in [-0.4, -0.2) is 28.3 Å². The van der Waals surface area contributed by atoms with Gasteiger partial charge in [-0.1, -0.05) is 19.0 Å². The lowest BCUT2D eigenvalue weighted by atomic mass is 9.51. The van der Waals surface area contributed by atoms with Gasteiger partial charge in [-0.2, -0.15) is 0 Å². The molecule has 2 saturated carbocycles. The van der Waals surface area contributed by atoms with Crippen molar-refractivity contribution < 1.29 is 14.6 Å². The molecule has 21 heavy (non-hydrogen) atoms. The monoisotopic (exact) mass is 293 g/mol. The van der Waals surface area contributed by atoms with Gasteiger partial charge in [0.15, 0.2) is 0 Å². The van der Waals surface area contributed by atoms with Crippen molar-refractivity contribution in [2.24, 2.45) is 28.8 Å². The van der Waals surface area contributed by atoms with Crippen molar-refractivity contribution in [2.45, 2.75) is 63.7 Å². The van der Waals surface area contributed by atoms with Crippen molar-refractivity contribution in [1.29, 1.82) is 0 Å². The first-order valence-electron chi connectivity index (χ1n) is 7.82. The van der Waals surface area contributed by atoms with E-state index in [1.807, 2.05) is 0 Å². The first kappa shape index (κ1) is 14.7. The number of esters is 1. The number of rotatable bonds is 1. The SMILES string of the molecule is C[C@@H]1CC[C@]2(N=[N+]=[N-])[C@@H]3[C@H]1CC[C@@](C)(O)[C@H]3OC(=O)[C@@H]2C. The zero-order valence-electron chi connectivity index (χ0n) is 12.8. The quantitative estimate of drug-likeness (QED) is 0.348. The van der Waals surface area contributed by atoms with Crippen molar-refractivity contribution in [1.82, 2.24) is 0 Å². The van der Waals surface area contributed by atoms with E-state index < -0.39 is 23.2 Å².